The van der Waals surface area contributed by atoms with Gasteiger partial charge >= 0.3 is 0 Å². The minimum atomic E-state index is -0.145. The van der Waals surface area contributed by atoms with E-state index in [0.29, 0.717) is 12.3 Å². The van der Waals surface area contributed by atoms with Gasteiger partial charge in [-0.3, -0.25) is 9.59 Å². The van der Waals surface area contributed by atoms with Crippen LogP contribution in [0.4, 0.5) is 5.82 Å². The van der Waals surface area contributed by atoms with Gasteiger partial charge in [-0.15, -0.1) is 5.52 Å². The van der Waals surface area contributed by atoms with Crippen molar-refractivity contribution in [3.05, 3.63) is 41.9 Å². The van der Waals surface area contributed by atoms with Gasteiger partial charge in [-0.25, -0.2) is 4.98 Å². The number of carbonyl (C=O) groups is 2. The van der Waals surface area contributed by atoms with Crippen molar-refractivity contribution >= 4 is 29.1 Å². The smallest absolute Gasteiger partial charge is 0.298 e. The van der Waals surface area contributed by atoms with Crippen molar-refractivity contribution in [2.45, 2.75) is 26.7 Å². The van der Waals surface area contributed by atoms with Crippen molar-refractivity contribution in [1.82, 2.24) is 15.2 Å². The molecule has 0 unspecified atom stereocenters. The van der Waals surface area contributed by atoms with E-state index in [2.05, 4.69) is 25.2 Å². The number of amides is 1. The van der Waals surface area contributed by atoms with Crippen LogP contribution in [-0.4, -0.2) is 22.5 Å². The van der Waals surface area contributed by atoms with E-state index >= 15 is 0 Å². The zero-order chi connectivity index (χ0) is 16.7. The van der Waals surface area contributed by atoms with Crippen molar-refractivity contribution < 1.29 is 34.4 Å². The van der Waals surface area contributed by atoms with Gasteiger partial charge in [-0.1, -0.05) is 12.2 Å². The molecule has 0 fully saturated rings. The van der Waals surface area contributed by atoms with Gasteiger partial charge in [0.25, 0.3) is 6.47 Å². The molecule has 2 aromatic heterocycles. The average Bonchev–Trinajstić information content (AvgIpc) is 2.90. The zero-order valence-electron chi connectivity index (χ0n) is 13.3. The number of nitrogens with one attached hydrogen (secondary N) is 1. The van der Waals surface area contributed by atoms with Crippen LogP contribution in [0.3, 0.4) is 0 Å². The number of nitrogens with zero attached hydrogens (tertiary/aromatic N) is 3. The minimum absolute atomic E-state index is 0. The van der Waals surface area contributed by atoms with Gasteiger partial charge in [0.05, 0.1) is 0 Å². The molecule has 1 aliphatic carbocycles. The summed E-state index contributed by atoms with van der Waals surface area (Å²) in [5.74, 6) is 1.12. The average molecular weight is 506 g/mol. The molecule has 3 rings (SSSR count). The van der Waals surface area contributed by atoms with Gasteiger partial charge in [0.2, 0.25) is 5.91 Å². The number of fused-ring (bicyclic) bond motifs is 1. The molecule has 0 aliphatic heterocycles. The molecule has 0 atom stereocenters. The summed E-state index contributed by atoms with van der Waals surface area (Å²) in [6, 6.07) is 1.71. The molecule has 129 valence electrons. The van der Waals surface area contributed by atoms with Crippen LogP contribution >= 0.6 is 0 Å². The van der Waals surface area contributed by atoms with E-state index in [4.69, 9.17) is 0 Å². The quantitative estimate of drug-likeness (QED) is 0.643. The Morgan fingerprint density at radius 1 is 1.46 bits per heavy atom. The fourth-order valence-corrected chi connectivity index (χ4v) is 1.98. The fraction of sp³-hybridized carbons (Fsp3) is 0.250. The van der Waals surface area contributed by atoms with E-state index in [1.165, 1.54) is 6.92 Å². The number of anilines is 1. The van der Waals surface area contributed by atoms with Gasteiger partial charge < -0.3 is 20.3 Å². The minimum Gasteiger partial charge on any atom is -0.575 e. The molecular weight excluding hydrogens is 488 g/mol. The predicted octanol–water partition coefficient (Wildman–Crippen LogP) is 2.24. The van der Waals surface area contributed by atoms with Crippen LogP contribution in [0.15, 0.2) is 36.3 Å². The molecule has 0 aromatic carbocycles. The standard InChI is InChI=1S/C9H10N4O.C7H8O2.Ir/c1-5-7-4-10-9(11-6(2)14)3-8(7)13-12-5;8-6-9-7-4-2-1-3-5-7;/h3-4H,1-2H3,(H2,10,11,12,13,14);1-2,4,6H,3,5H2;/p-1. The van der Waals surface area contributed by atoms with Crippen molar-refractivity contribution in [1.29, 1.82) is 0 Å². The van der Waals surface area contributed by atoms with Crippen LogP contribution < -0.4 is 10.4 Å². The van der Waals surface area contributed by atoms with Crippen LogP contribution in [0.25, 0.3) is 10.9 Å². The first-order chi connectivity index (χ1) is 11.1. The number of aromatic nitrogens is 3. The van der Waals surface area contributed by atoms with E-state index in [1.807, 2.05) is 19.1 Å². The summed E-state index contributed by atoms with van der Waals surface area (Å²) >= 11 is 0. The second-order valence-corrected chi connectivity index (χ2v) is 4.87. The van der Waals surface area contributed by atoms with E-state index in [1.54, 1.807) is 18.3 Å². The Bertz CT molecular complexity index is 768. The molecule has 0 bridgehead atoms. The Morgan fingerprint density at radius 2 is 2.25 bits per heavy atom. The molecule has 1 amide bonds. The molecule has 7 nitrogen and oxygen atoms in total. The van der Waals surface area contributed by atoms with Crippen LogP contribution in [-0.2, 0) is 34.4 Å². The molecule has 1 radical (unpaired) electrons. The molecule has 1 N–H and O–H groups in total. The Kier molecular flexibility index (Phi) is 8.01. The first-order valence-corrected chi connectivity index (χ1v) is 7.09. The summed E-state index contributed by atoms with van der Waals surface area (Å²) in [6.45, 7) is 3.77. The van der Waals surface area contributed by atoms with Crippen LogP contribution in [0.2, 0.25) is 0 Å². The SMILES string of the molecule is CC(=O)Nc1cc2[n-]nc(C)c2cn1.O=COC1=CC=CCC1.[Ir]. The van der Waals surface area contributed by atoms with E-state index < -0.39 is 0 Å². The van der Waals surface area contributed by atoms with Gasteiger partial charge in [-0.2, -0.15) is 0 Å². The Hall–Kier alpha value is -2.31. The van der Waals surface area contributed by atoms with Gasteiger partial charge in [0.1, 0.15) is 11.6 Å². The summed E-state index contributed by atoms with van der Waals surface area (Å²) in [4.78, 5) is 24.6. The number of aryl methyl sites for hydroxylation is 1. The van der Waals surface area contributed by atoms with Crippen LogP contribution in [0.1, 0.15) is 25.5 Å². The summed E-state index contributed by atoms with van der Waals surface area (Å²) in [5, 5.41) is 11.4. The maximum atomic E-state index is 10.8. The van der Waals surface area contributed by atoms with Crippen molar-refractivity contribution in [3.8, 4) is 0 Å². The molecule has 1 aliphatic rings. The first kappa shape index (κ1) is 19.7. The number of ether oxygens (including phenoxy) is 1. The number of carbonyl (C=O) groups excluding carboxylic acids is 2. The Morgan fingerprint density at radius 3 is 2.88 bits per heavy atom. The van der Waals surface area contributed by atoms with Gasteiger partial charge in [-0.05, 0) is 30.9 Å². The molecule has 0 saturated heterocycles. The molecule has 2 aromatic rings. The van der Waals surface area contributed by atoms with Crippen molar-refractivity contribution in [2.75, 3.05) is 5.32 Å². The van der Waals surface area contributed by atoms with Crippen molar-refractivity contribution in [3.63, 3.8) is 0 Å². The molecular formula is C16H17IrN4O3-. The van der Waals surface area contributed by atoms with E-state index in [9.17, 15) is 9.59 Å². The van der Waals surface area contributed by atoms with Crippen molar-refractivity contribution in [2.24, 2.45) is 0 Å². The van der Waals surface area contributed by atoms with E-state index in [-0.39, 0.29) is 26.0 Å². The largest absolute Gasteiger partial charge is 0.575 e. The topological polar surface area (TPSA) is 95.3 Å². The summed E-state index contributed by atoms with van der Waals surface area (Å²) in [6.07, 6.45) is 9.21. The molecule has 0 spiro atoms. The van der Waals surface area contributed by atoms with Crippen LogP contribution in [0.5, 0.6) is 0 Å². The predicted molar refractivity (Wildman–Crippen MR) is 85.5 cm³/mol. The zero-order valence-corrected chi connectivity index (χ0v) is 15.7. The monoisotopic (exact) mass is 506 g/mol. The number of hydrogen-bond donors (Lipinski definition) is 1. The fourth-order valence-electron chi connectivity index (χ4n) is 1.98. The Labute approximate surface area is 152 Å². The summed E-state index contributed by atoms with van der Waals surface area (Å²) in [5.41, 5.74) is 1.60. The molecule has 24 heavy (non-hydrogen) atoms. The van der Waals surface area contributed by atoms with Gasteiger partial charge in [0, 0.05) is 45.3 Å². The maximum Gasteiger partial charge on any atom is 0.298 e. The third kappa shape index (κ3) is 5.72. The second-order valence-electron chi connectivity index (χ2n) is 4.87. The molecule has 0 saturated carbocycles. The van der Waals surface area contributed by atoms with Crippen LogP contribution in [0, 0.1) is 6.92 Å². The normalized spacial score (nSPS) is 12.3. The maximum absolute atomic E-state index is 10.8. The third-order valence-corrected chi connectivity index (χ3v) is 3.06. The number of hydrogen-bond acceptors (Lipinski definition) is 5. The van der Waals surface area contributed by atoms with Gasteiger partial charge in [0.15, 0.2) is 0 Å². The first-order valence-electron chi connectivity index (χ1n) is 7.09. The number of rotatable bonds is 3. The number of pyridine rings is 1. The molecule has 2 heterocycles. The second kappa shape index (κ2) is 9.74. The summed E-state index contributed by atoms with van der Waals surface area (Å²) < 4.78 is 4.61. The summed E-state index contributed by atoms with van der Waals surface area (Å²) in [7, 11) is 0. The number of allylic oxidation sites excluding steroid dienone is 4. The van der Waals surface area contributed by atoms with E-state index in [0.717, 1.165) is 35.2 Å². The molecule has 8 heteroatoms. The third-order valence-electron chi connectivity index (χ3n) is 3.06. The Balaban J connectivity index is 0.000000252.